The minimum atomic E-state index is -2.86. The number of carbonyl (C=O) groups is 1. The van der Waals surface area contributed by atoms with Crippen LogP contribution < -0.4 is 15.4 Å². The zero-order valence-corrected chi connectivity index (χ0v) is 14.8. The maximum absolute atomic E-state index is 12.1. The van der Waals surface area contributed by atoms with Gasteiger partial charge in [0.15, 0.2) is 5.65 Å². The van der Waals surface area contributed by atoms with E-state index in [4.69, 9.17) is 0 Å². The number of urea groups is 1. The third-order valence-corrected chi connectivity index (χ3v) is 3.78. The first-order valence-corrected chi connectivity index (χ1v) is 8.34. The number of rotatable bonds is 6. The molecule has 0 fully saturated rings. The van der Waals surface area contributed by atoms with Crippen LogP contribution in [0.3, 0.4) is 0 Å². The SMILES string of the molecule is CC(C)n1ncc2cc(NC(=O)NCc3ccc(OC(F)F)cc3)cnc21. The Bertz CT molecular complexity index is 925. The van der Waals surface area contributed by atoms with E-state index in [1.165, 1.54) is 12.1 Å². The van der Waals surface area contributed by atoms with Crippen molar-refractivity contribution in [2.75, 3.05) is 5.32 Å². The topological polar surface area (TPSA) is 81.1 Å². The van der Waals surface area contributed by atoms with Crippen LogP contribution in [0.1, 0.15) is 25.5 Å². The minimum Gasteiger partial charge on any atom is -0.435 e. The van der Waals surface area contributed by atoms with E-state index in [1.54, 1.807) is 35.3 Å². The number of fused-ring (bicyclic) bond motifs is 1. The summed E-state index contributed by atoms with van der Waals surface area (Å²) in [6.07, 6.45) is 3.27. The van der Waals surface area contributed by atoms with Gasteiger partial charge in [-0.1, -0.05) is 12.1 Å². The Hall–Kier alpha value is -3.23. The summed E-state index contributed by atoms with van der Waals surface area (Å²) in [7, 11) is 0. The quantitative estimate of drug-likeness (QED) is 0.684. The van der Waals surface area contributed by atoms with E-state index in [9.17, 15) is 13.6 Å². The lowest BCUT2D eigenvalue weighted by atomic mass is 10.2. The van der Waals surface area contributed by atoms with Gasteiger partial charge < -0.3 is 15.4 Å². The van der Waals surface area contributed by atoms with Crippen molar-refractivity contribution >= 4 is 22.8 Å². The van der Waals surface area contributed by atoms with Crippen LogP contribution in [0.15, 0.2) is 42.7 Å². The smallest absolute Gasteiger partial charge is 0.387 e. The number of ether oxygens (including phenoxy) is 1. The van der Waals surface area contributed by atoms with E-state index in [0.717, 1.165) is 16.6 Å². The molecule has 3 aromatic rings. The Balaban J connectivity index is 1.57. The Morgan fingerprint density at radius 3 is 2.63 bits per heavy atom. The van der Waals surface area contributed by atoms with Gasteiger partial charge in [0.2, 0.25) is 0 Å². The van der Waals surface area contributed by atoms with E-state index in [2.05, 4.69) is 25.5 Å². The molecule has 7 nitrogen and oxygen atoms in total. The van der Waals surface area contributed by atoms with Crippen molar-refractivity contribution in [3.8, 4) is 5.75 Å². The minimum absolute atomic E-state index is 0.0690. The van der Waals surface area contributed by atoms with Crippen LogP contribution in [0, 0.1) is 0 Å². The van der Waals surface area contributed by atoms with Crippen LogP contribution in [-0.2, 0) is 6.54 Å². The molecule has 142 valence electrons. The summed E-state index contributed by atoms with van der Waals surface area (Å²) in [5, 5.41) is 10.5. The number of alkyl halides is 2. The van der Waals surface area contributed by atoms with Gasteiger partial charge in [0, 0.05) is 18.0 Å². The van der Waals surface area contributed by atoms with Crippen molar-refractivity contribution in [2.45, 2.75) is 33.0 Å². The number of hydrogen-bond acceptors (Lipinski definition) is 4. The molecule has 0 aliphatic rings. The third kappa shape index (κ3) is 4.69. The third-order valence-electron chi connectivity index (χ3n) is 3.78. The Morgan fingerprint density at radius 2 is 1.96 bits per heavy atom. The standard InChI is InChI=1S/C18H19F2N5O2/c1-11(2)25-16-13(9-23-25)7-14(10-21-16)24-18(26)22-8-12-3-5-15(6-4-12)27-17(19)20/h3-7,9-11,17H,8H2,1-2H3,(H2,22,24,26). The molecule has 0 saturated carbocycles. The predicted octanol–water partition coefficient (Wildman–Crippen LogP) is 3.94. The van der Waals surface area contributed by atoms with Gasteiger partial charge in [-0.25, -0.2) is 14.5 Å². The van der Waals surface area contributed by atoms with Crippen LogP contribution in [0.25, 0.3) is 11.0 Å². The van der Waals surface area contributed by atoms with Gasteiger partial charge in [0.05, 0.1) is 18.1 Å². The van der Waals surface area contributed by atoms with Crippen molar-refractivity contribution in [3.05, 3.63) is 48.3 Å². The lowest BCUT2D eigenvalue weighted by molar-refractivity contribution is -0.0498. The average molecular weight is 375 g/mol. The first-order chi connectivity index (χ1) is 12.9. The molecule has 2 heterocycles. The Morgan fingerprint density at radius 1 is 1.22 bits per heavy atom. The van der Waals surface area contributed by atoms with Gasteiger partial charge in [0.1, 0.15) is 5.75 Å². The van der Waals surface area contributed by atoms with Gasteiger partial charge in [-0.15, -0.1) is 0 Å². The highest BCUT2D eigenvalue weighted by molar-refractivity contribution is 5.91. The number of halogens is 2. The van der Waals surface area contributed by atoms with Crippen molar-refractivity contribution in [3.63, 3.8) is 0 Å². The molecule has 0 atom stereocenters. The summed E-state index contributed by atoms with van der Waals surface area (Å²) in [5.74, 6) is 0.0690. The van der Waals surface area contributed by atoms with Gasteiger partial charge in [-0.3, -0.25) is 0 Å². The highest BCUT2D eigenvalue weighted by Gasteiger charge is 2.09. The summed E-state index contributed by atoms with van der Waals surface area (Å²) < 4.78 is 30.3. The first kappa shape index (κ1) is 18.6. The zero-order valence-electron chi connectivity index (χ0n) is 14.8. The molecule has 0 spiro atoms. The molecule has 2 aromatic heterocycles. The molecule has 1 aromatic carbocycles. The fraction of sp³-hybridized carbons (Fsp3) is 0.278. The van der Waals surface area contributed by atoms with Crippen LogP contribution in [0.5, 0.6) is 5.75 Å². The molecule has 0 saturated heterocycles. The van der Waals surface area contributed by atoms with Gasteiger partial charge in [-0.05, 0) is 37.6 Å². The van der Waals surface area contributed by atoms with E-state index in [-0.39, 0.29) is 18.3 Å². The van der Waals surface area contributed by atoms with E-state index < -0.39 is 12.6 Å². The number of hydrogen-bond donors (Lipinski definition) is 2. The summed E-state index contributed by atoms with van der Waals surface area (Å²) in [6, 6.07) is 7.63. The van der Waals surface area contributed by atoms with Crippen LogP contribution in [0.4, 0.5) is 19.3 Å². The fourth-order valence-electron chi connectivity index (χ4n) is 2.53. The molecular formula is C18H19F2N5O2. The van der Waals surface area contributed by atoms with E-state index in [1.807, 2.05) is 13.8 Å². The van der Waals surface area contributed by atoms with Crippen molar-refractivity contribution in [1.29, 1.82) is 0 Å². The molecular weight excluding hydrogens is 356 g/mol. The van der Waals surface area contributed by atoms with Crippen LogP contribution in [-0.4, -0.2) is 27.4 Å². The lowest BCUT2D eigenvalue weighted by Crippen LogP contribution is -2.28. The largest absolute Gasteiger partial charge is 0.435 e. The molecule has 3 rings (SSSR count). The number of benzene rings is 1. The van der Waals surface area contributed by atoms with Gasteiger partial charge in [0.25, 0.3) is 0 Å². The highest BCUT2D eigenvalue weighted by atomic mass is 19.3. The summed E-state index contributed by atoms with van der Waals surface area (Å²) in [6.45, 7) is 1.40. The van der Waals surface area contributed by atoms with Gasteiger partial charge in [-0.2, -0.15) is 13.9 Å². The van der Waals surface area contributed by atoms with Crippen molar-refractivity contribution in [1.82, 2.24) is 20.1 Å². The molecule has 0 bridgehead atoms. The van der Waals surface area contributed by atoms with Crippen LogP contribution >= 0.6 is 0 Å². The van der Waals surface area contributed by atoms with Crippen molar-refractivity contribution in [2.24, 2.45) is 0 Å². The van der Waals surface area contributed by atoms with Gasteiger partial charge >= 0.3 is 12.6 Å². The summed E-state index contributed by atoms with van der Waals surface area (Å²) in [5.41, 5.74) is 2.05. The number of aromatic nitrogens is 3. The lowest BCUT2D eigenvalue weighted by Gasteiger charge is -2.09. The van der Waals surface area contributed by atoms with Crippen LogP contribution in [0.2, 0.25) is 0 Å². The number of pyridine rings is 1. The number of nitrogens with one attached hydrogen (secondary N) is 2. The Kier molecular flexibility index (Phi) is 5.49. The molecule has 0 aliphatic heterocycles. The Labute approximate surface area is 154 Å². The fourth-order valence-corrected chi connectivity index (χ4v) is 2.53. The van der Waals surface area contributed by atoms with E-state index in [0.29, 0.717) is 5.69 Å². The monoisotopic (exact) mass is 375 g/mol. The van der Waals surface area contributed by atoms with Crippen molar-refractivity contribution < 1.29 is 18.3 Å². The maximum Gasteiger partial charge on any atom is 0.387 e. The number of amides is 2. The zero-order chi connectivity index (χ0) is 19.4. The number of carbonyl (C=O) groups excluding carboxylic acids is 1. The number of nitrogens with zero attached hydrogens (tertiary/aromatic N) is 3. The molecule has 2 N–H and O–H groups in total. The number of anilines is 1. The normalized spacial score (nSPS) is 11.2. The average Bonchev–Trinajstić information content (AvgIpc) is 3.04. The maximum atomic E-state index is 12.1. The molecule has 2 amide bonds. The van der Waals surface area contributed by atoms with E-state index >= 15 is 0 Å². The molecule has 0 aliphatic carbocycles. The molecule has 0 unspecified atom stereocenters. The predicted molar refractivity (Wildman–Crippen MR) is 96.8 cm³/mol. The molecule has 27 heavy (non-hydrogen) atoms. The summed E-state index contributed by atoms with van der Waals surface area (Å²) >= 11 is 0. The second kappa shape index (κ2) is 7.98. The summed E-state index contributed by atoms with van der Waals surface area (Å²) in [4.78, 5) is 16.4. The molecule has 9 heteroatoms. The second-order valence-corrected chi connectivity index (χ2v) is 6.15. The highest BCUT2D eigenvalue weighted by Crippen LogP contribution is 2.19. The second-order valence-electron chi connectivity index (χ2n) is 6.15. The molecule has 0 radical (unpaired) electrons. The first-order valence-electron chi connectivity index (χ1n) is 8.34.